The predicted molar refractivity (Wildman–Crippen MR) is 89.6 cm³/mol. The third-order valence-corrected chi connectivity index (χ3v) is 6.19. The molecule has 116 valence electrons. The maximum Gasteiger partial charge on any atom is 0.264 e. The van der Waals surface area contributed by atoms with Crippen LogP contribution in [0.5, 0.6) is 0 Å². The van der Waals surface area contributed by atoms with Crippen molar-refractivity contribution < 1.29 is 9.53 Å². The minimum Gasteiger partial charge on any atom is -0.371 e. The second-order valence-electron chi connectivity index (χ2n) is 6.05. The molecule has 2 heterocycles. The number of ether oxygens (including phenoxy) is 1. The topological polar surface area (TPSA) is 29.5 Å². The Morgan fingerprint density at radius 3 is 3.00 bits per heavy atom. The van der Waals surface area contributed by atoms with Crippen molar-refractivity contribution >= 4 is 33.2 Å². The van der Waals surface area contributed by atoms with Gasteiger partial charge in [0, 0.05) is 23.3 Å². The van der Waals surface area contributed by atoms with E-state index in [9.17, 15) is 4.79 Å². The van der Waals surface area contributed by atoms with E-state index in [1.54, 1.807) is 11.3 Å². The number of morpholine rings is 1. The van der Waals surface area contributed by atoms with Gasteiger partial charge in [-0.3, -0.25) is 4.79 Å². The lowest BCUT2D eigenvalue weighted by atomic mass is 10.1. The molecular formula is C16H22BrNO2S. The number of halogens is 1. The lowest BCUT2D eigenvalue weighted by molar-refractivity contribution is -0.0558. The first kappa shape index (κ1) is 15.5. The molecule has 0 radical (unpaired) electrons. The number of amides is 1. The van der Waals surface area contributed by atoms with Gasteiger partial charge in [-0.1, -0.05) is 22.4 Å². The molecule has 1 amide bonds. The Labute approximate surface area is 138 Å². The van der Waals surface area contributed by atoms with Crippen LogP contribution in [-0.2, 0) is 17.6 Å². The Morgan fingerprint density at radius 2 is 2.19 bits per heavy atom. The summed E-state index contributed by atoms with van der Waals surface area (Å²) < 4.78 is 5.81. The summed E-state index contributed by atoms with van der Waals surface area (Å²) in [6, 6.07) is 2.15. The predicted octanol–water partition coefficient (Wildman–Crippen LogP) is 3.64. The van der Waals surface area contributed by atoms with Crippen molar-refractivity contribution in [2.24, 2.45) is 0 Å². The van der Waals surface area contributed by atoms with Crippen LogP contribution in [0.3, 0.4) is 0 Å². The molecule has 2 aliphatic rings. The zero-order valence-corrected chi connectivity index (χ0v) is 14.8. The number of fused-ring (bicyclic) bond motifs is 1. The van der Waals surface area contributed by atoms with Crippen LogP contribution >= 0.6 is 27.3 Å². The third kappa shape index (κ3) is 3.51. The molecule has 1 aromatic heterocycles. The van der Waals surface area contributed by atoms with Crippen molar-refractivity contribution in [1.82, 2.24) is 4.90 Å². The standard InChI is InChI=1S/C16H22BrNO2S/c1-11-9-18(10-13(8-17)20-11)16(19)15-7-12-5-3-2-4-6-14(12)21-15/h7,11,13H,2-6,8-10H2,1H3. The molecule has 1 aliphatic heterocycles. The molecule has 0 spiro atoms. The molecule has 0 aromatic carbocycles. The second-order valence-corrected chi connectivity index (χ2v) is 7.84. The molecular weight excluding hydrogens is 350 g/mol. The summed E-state index contributed by atoms with van der Waals surface area (Å²) in [5.74, 6) is 0.189. The smallest absolute Gasteiger partial charge is 0.264 e. The van der Waals surface area contributed by atoms with Gasteiger partial charge in [0.05, 0.1) is 17.1 Å². The van der Waals surface area contributed by atoms with Crippen LogP contribution in [0.25, 0.3) is 0 Å². The molecule has 0 saturated carbocycles. The molecule has 1 fully saturated rings. The first-order chi connectivity index (χ1) is 10.2. The van der Waals surface area contributed by atoms with Gasteiger partial charge < -0.3 is 9.64 Å². The molecule has 0 N–H and O–H groups in total. The van der Waals surface area contributed by atoms with Crippen LogP contribution < -0.4 is 0 Å². The zero-order chi connectivity index (χ0) is 14.8. The fourth-order valence-electron chi connectivity index (χ4n) is 3.22. The maximum absolute atomic E-state index is 12.8. The van der Waals surface area contributed by atoms with E-state index in [0.29, 0.717) is 13.1 Å². The number of carbonyl (C=O) groups excluding carboxylic acids is 1. The fourth-order valence-corrected chi connectivity index (χ4v) is 4.80. The number of rotatable bonds is 2. The molecule has 3 nitrogen and oxygen atoms in total. The average Bonchev–Trinajstić information content (AvgIpc) is 2.76. The Morgan fingerprint density at radius 1 is 1.38 bits per heavy atom. The molecule has 5 heteroatoms. The Hall–Kier alpha value is -0.390. The largest absolute Gasteiger partial charge is 0.371 e. The van der Waals surface area contributed by atoms with E-state index in [-0.39, 0.29) is 18.1 Å². The summed E-state index contributed by atoms with van der Waals surface area (Å²) in [6.45, 7) is 3.43. The summed E-state index contributed by atoms with van der Waals surface area (Å²) in [6.07, 6.45) is 6.36. The Balaban J connectivity index is 1.75. The number of carbonyl (C=O) groups is 1. The van der Waals surface area contributed by atoms with Gasteiger partial charge in [-0.15, -0.1) is 11.3 Å². The number of nitrogens with zero attached hydrogens (tertiary/aromatic N) is 1. The highest BCUT2D eigenvalue weighted by Crippen LogP contribution is 2.30. The lowest BCUT2D eigenvalue weighted by Gasteiger charge is -2.35. The number of hydrogen-bond acceptors (Lipinski definition) is 3. The van der Waals surface area contributed by atoms with Crippen LogP contribution in [0.1, 0.15) is 46.3 Å². The molecule has 1 saturated heterocycles. The van der Waals surface area contributed by atoms with Crippen LogP contribution in [0, 0.1) is 0 Å². The van der Waals surface area contributed by atoms with Gasteiger partial charge >= 0.3 is 0 Å². The van der Waals surface area contributed by atoms with Crippen molar-refractivity contribution in [2.45, 2.75) is 51.2 Å². The van der Waals surface area contributed by atoms with Crippen molar-refractivity contribution in [2.75, 3.05) is 18.4 Å². The van der Waals surface area contributed by atoms with Crippen LogP contribution in [-0.4, -0.2) is 41.4 Å². The van der Waals surface area contributed by atoms with E-state index in [0.717, 1.165) is 23.0 Å². The van der Waals surface area contributed by atoms with E-state index in [2.05, 4.69) is 22.0 Å². The summed E-state index contributed by atoms with van der Waals surface area (Å²) in [5, 5.41) is 0.780. The number of thiophene rings is 1. The van der Waals surface area contributed by atoms with Crippen molar-refractivity contribution in [3.8, 4) is 0 Å². The van der Waals surface area contributed by atoms with Gasteiger partial charge in [-0.25, -0.2) is 0 Å². The van der Waals surface area contributed by atoms with Gasteiger partial charge in [-0.2, -0.15) is 0 Å². The Kier molecular flexibility index (Phi) is 5.02. The minimum atomic E-state index is 0.107. The molecule has 0 bridgehead atoms. The van der Waals surface area contributed by atoms with Crippen molar-refractivity contribution in [3.05, 3.63) is 21.4 Å². The van der Waals surface area contributed by atoms with E-state index in [4.69, 9.17) is 4.74 Å². The fraction of sp³-hybridized carbons (Fsp3) is 0.688. The summed E-state index contributed by atoms with van der Waals surface area (Å²) in [7, 11) is 0. The highest BCUT2D eigenvalue weighted by Gasteiger charge is 2.29. The van der Waals surface area contributed by atoms with Gasteiger partial charge in [0.2, 0.25) is 0 Å². The van der Waals surface area contributed by atoms with E-state index >= 15 is 0 Å². The minimum absolute atomic E-state index is 0.107. The molecule has 2 unspecified atom stereocenters. The highest BCUT2D eigenvalue weighted by molar-refractivity contribution is 9.09. The van der Waals surface area contributed by atoms with Gasteiger partial charge in [0.25, 0.3) is 5.91 Å². The third-order valence-electron chi connectivity index (χ3n) is 4.24. The van der Waals surface area contributed by atoms with Crippen LogP contribution in [0.15, 0.2) is 6.07 Å². The second kappa shape index (κ2) is 6.80. The molecule has 1 aromatic rings. The molecule has 3 rings (SSSR count). The molecule has 21 heavy (non-hydrogen) atoms. The average molecular weight is 372 g/mol. The lowest BCUT2D eigenvalue weighted by Crippen LogP contribution is -2.49. The maximum atomic E-state index is 12.8. The highest BCUT2D eigenvalue weighted by atomic mass is 79.9. The first-order valence-corrected chi connectivity index (χ1v) is 9.73. The van der Waals surface area contributed by atoms with Crippen LogP contribution in [0.4, 0.5) is 0 Å². The number of alkyl halides is 1. The van der Waals surface area contributed by atoms with Gasteiger partial charge in [-0.05, 0) is 44.2 Å². The number of aryl methyl sites for hydroxylation is 2. The van der Waals surface area contributed by atoms with Crippen LogP contribution in [0.2, 0.25) is 0 Å². The summed E-state index contributed by atoms with van der Waals surface area (Å²) in [5.41, 5.74) is 1.42. The SMILES string of the molecule is CC1CN(C(=O)c2cc3c(s2)CCCCC3)CC(CBr)O1. The van der Waals surface area contributed by atoms with Crippen molar-refractivity contribution in [1.29, 1.82) is 0 Å². The van der Waals surface area contributed by atoms with Gasteiger partial charge in [0.1, 0.15) is 0 Å². The monoisotopic (exact) mass is 371 g/mol. The van der Waals surface area contributed by atoms with E-state index in [1.165, 1.54) is 29.7 Å². The summed E-state index contributed by atoms with van der Waals surface area (Å²) in [4.78, 5) is 17.1. The van der Waals surface area contributed by atoms with Crippen molar-refractivity contribution in [3.63, 3.8) is 0 Å². The number of hydrogen-bond donors (Lipinski definition) is 0. The molecule has 1 aliphatic carbocycles. The first-order valence-electron chi connectivity index (χ1n) is 7.79. The van der Waals surface area contributed by atoms with E-state index in [1.807, 2.05) is 11.8 Å². The Bertz CT molecular complexity index is 493. The van der Waals surface area contributed by atoms with Gasteiger partial charge in [0.15, 0.2) is 0 Å². The summed E-state index contributed by atoms with van der Waals surface area (Å²) >= 11 is 5.18. The molecule has 2 atom stereocenters. The van der Waals surface area contributed by atoms with E-state index < -0.39 is 0 Å². The normalized spacial score (nSPS) is 26.3. The quantitative estimate of drug-likeness (QED) is 0.586. The zero-order valence-electron chi connectivity index (χ0n) is 12.4.